The lowest BCUT2D eigenvalue weighted by atomic mass is 10.1. The Kier molecular flexibility index (Phi) is 9.02. The topological polar surface area (TPSA) is 78.4 Å². The Labute approximate surface area is 183 Å². The van der Waals surface area contributed by atoms with E-state index in [9.17, 15) is 9.59 Å². The Bertz CT molecular complexity index is 716. The number of thioether (sulfide) groups is 1. The first-order valence-electron chi connectivity index (χ1n) is 10.1. The Balaban J connectivity index is 1.97. The molecule has 0 saturated carbocycles. The molecule has 1 atom stereocenters. The average molecular weight is 442 g/mol. The zero-order chi connectivity index (χ0) is 21.6. The molecule has 1 aromatic rings. The number of nitrogens with one attached hydrogen (secondary N) is 1. The summed E-state index contributed by atoms with van der Waals surface area (Å²) in [5.41, 5.74) is 0. The van der Waals surface area contributed by atoms with Gasteiger partial charge in [0.1, 0.15) is 11.0 Å². The first kappa shape index (κ1) is 23.7. The highest BCUT2D eigenvalue weighted by Gasteiger charge is 2.28. The number of hydrogen-bond acceptors (Lipinski definition) is 6. The van der Waals surface area contributed by atoms with Crippen molar-refractivity contribution in [1.29, 1.82) is 0 Å². The van der Waals surface area contributed by atoms with Gasteiger partial charge in [-0.2, -0.15) is 0 Å². The van der Waals surface area contributed by atoms with Crippen LogP contribution in [0.3, 0.4) is 0 Å². The number of carbonyl (C=O) groups is 2. The molecule has 1 unspecified atom stereocenters. The number of aromatic nitrogens is 2. The van der Waals surface area contributed by atoms with Crippen LogP contribution in [0.4, 0.5) is 5.82 Å². The van der Waals surface area contributed by atoms with Crippen molar-refractivity contribution < 1.29 is 9.59 Å². The van der Waals surface area contributed by atoms with E-state index in [1.54, 1.807) is 6.07 Å². The lowest BCUT2D eigenvalue weighted by Crippen LogP contribution is -2.54. The van der Waals surface area contributed by atoms with Gasteiger partial charge in [-0.1, -0.05) is 51.1 Å². The molecule has 1 aliphatic rings. The predicted octanol–water partition coefficient (Wildman–Crippen LogP) is 3.08. The molecule has 29 heavy (non-hydrogen) atoms. The van der Waals surface area contributed by atoms with E-state index in [2.05, 4.69) is 54.8 Å². The Morgan fingerprint density at radius 3 is 2.59 bits per heavy atom. The molecule has 1 N–H and O–H groups in total. The first-order chi connectivity index (χ1) is 13.7. The molecule has 1 aliphatic heterocycles. The second-order valence-electron chi connectivity index (χ2n) is 8.30. The van der Waals surface area contributed by atoms with Crippen LogP contribution < -0.4 is 10.2 Å². The van der Waals surface area contributed by atoms with Gasteiger partial charge < -0.3 is 15.1 Å². The maximum Gasteiger partial charge on any atom is 0.230 e. The third-order valence-corrected chi connectivity index (χ3v) is 5.60. The number of carbonyl (C=O) groups excluding carboxylic acids is 2. The van der Waals surface area contributed by atoms with Gasteiger partial charge >= 0.3 is 0 Å². The van der Waals surface area contributed by atoms with Crippen LogP contribution in [-0.2, 0) is 9.59 Å². The minimum atomic E-state index is -0.0419. The van der Waals surface area contributed by atoms with Crippen LogP contribution in [0.1, 0.15) is 41.0 Å². The van der Waals surface area contributed by atoms with E-state index in [0.29, 0.717) is 54.7 Å². The SMILES string of the molecule is CC(C)CNC(=O)CSc1nc(Cl)cc(N2CCN(C(=O)CC(C)C)C(C)C2)n1. The molecular formula is C20H32ClN5O2S. The highest BCUT2D eigenvalue weighted by atomic mass is 35.5. The molecular weight excluding hydrogens is 410 g/mol. The number of anilines is 1. The molecule has 2 rings (SSSR count). The highest BCUT2D eigenvalue weighted by molar-refractivity contribution is 7.99. The smallest absolute Gasteiger partial charge is 0.230 e. The average Bonchev–Trinajstić information content (AvgIpc) is 2.63. The van der Waals surface area contributed by atoms with Gasteiger partial charge in [0.25, 0.3) is 0 Å². The fourth-order valence-corrected chi connectivity index (χ4v) is 4.02. The second-order valence-corrected chi connectivity index (χ2v) is 9.63. The van der Waals surface area contributed by atoms with Crippen molar-refractivity contribution in [3.63, 3.8) is 0 Å². The van der Waals surface area contributed by atoms with E-state index in [4.69, 9.17) is 11.6 Å². The van der Waals surface area contributed by atoms with Crippen LogP contribution in [0.5, 0.6) is 0 Å². The molecule has 2 heterocycles. The van der Waals surface area contributed by atoms with Crippen molar-refractivity contribution in [3.05, 3.63) is 11.2 Å². The molecule has 0 aromatic carbocycles. The summed E-state index contributed by atoms with van der Waals surface area (Å²) in [6.45, 7) is 13.0. The van der Waals surface area contributed by atoms with Crippen molar-refractivity contribution in [1.82, 2.24) is 20.2 Å². The van der Waals surface area contributed by atoms with Crippen molar-refractivity contribution in [3.8, 4) is 0 Å². The van der Waals surface area contributed by atoms with Gasteiger partial charge in [-0.25, -0.2) is 9.97 Å². The number of nitrogens with zero attached hydrogens (tertiary/aromatic N) is 4. The van der Waals surface area contributed by atoms with Crippen molar-refractivity contribution in [2.45, 2.75) is 52.2 Å². The summed E-state index contributed by atoms with van der Waals surface area (Å²) in [5.74, 6) is 1.91. The number of amides is 2. The third-order valence-electron chi connectivity index (χ3n) is 4.56. The van der Waals surface area contributed by atoms with Crippen LogP contribution in [0, 0.1) is 11.8 Å². The van der Waals surface area contributed by atoms with E-state index < -0.39 is 0 Å². The van der Waals surface area contributed by atoms with Crippen LogP contribution >= 0.6 is 23.4 Å². The fraction of sp³-hybridized carbons (Fsp3) is 0.700. The highest BCUT2D eigenvalue weighted by Crippen LogP contribution is 2.24. The zero-order valence-electron chi connectivity index (χ0n) is 17.9. The van der Waals surface area contributed by atoms with Gasteiger partial charge in [-0.05, 0) is 18.8 Å². The van der Waals surface area contributed by atoms with Crippen molar-refractivity contribution >= 4 is 41.0 Å². The van der Waals surface area contributed by atoms with E-state index in [1.165, 1.54) is 11.8 Å². The normalized spacial score (nSPS) is 17.2. The molecule has 162 valence electrons. The molecule has 1 aromatic heterocycles. The van der Waals surface area contributed by atoms with Crippen LogP contribution in [0.2, 0.25) is 5.15 Å². The van der Waals surface area contributed by atoms with Crippen LogP contribution in [0.25, 0.3) is 0 Å². The Morgan fingerprint density at radius 2 is 1.97 bits per heavy atom. The van der Waals surface area contributed by atoms with Crippen molar-refractivity contribution in [2.24, 2.45) is 11.8 Å². The van der Waals surface area contributed by atoms with Gasteiger partial charge in [0.15, 0.2) is 5.16 Å². The maximum atomic E-state index is 12.4. The number of halogens is 1. The summed E-state index contributed by atoms with van der Waals surface area (Å²) >= 11 is 7.48. The molecule has 9 heteroatoms. The van der Waals surface area contributed by atoms with Gasteiger partial charge in [-0.15, -0.1) is 0 Å². The molecule has 1 fully saturated rings. The Morgan fingerprint density at radius 1 is 1.24 bits per heavy atom. The van der Waals surface area contributed by atoms with E-state index in [-0.39, 0.29) is 23.6 Å². The molecule has 2 amide bonds. The largest absolute Gasteiger partial charge is 0.355 e. The van der Waals surface area contributed by atoms with Gasteiger partial charge in [0.05, 0.1) is 5.75 Å². The van der Waals surface area contributed by atoms with Gasteiger partial charge in [0.2, 0.25) is 11.8 Å². The van der Waals surface area contributed by atoms with Crippen LogP contribution in [0.15, 0.2) is 11.2 Å². The molecule has 0 bridgehead atoms. The lowest BCUT2D eigenvalue weighted by Gasteiger charge is -2.40. The van der Waals surface area contributed by atoms with Gasteiger partial charge in [-0.3, -0.25) is 9.59 Å². The number of rotatable bonds is 8. The van der Waals surface area contributed by atoms with E-state index in [0.717, 1.165) is 5.82 Å². The first-order valence-corrected chi connectivity index (χ1v) is 11.5. The number of piperazine rings is 1. The third kappa shape index (κ3) is 7.66. The maximum absolute atomic E-state index is 12.4. The molecule has 0 radical (unpaired) electrons. The summed E-state index contributed by atoms with van der Waals surface area (Å²) in [6.07, 6.45) is 0.573. The summed E-state index contributed by atoms with van der Waals surface area (Å²) in [7, 11) is 0. The van der Waals surface area contributed by atoms with E-state index >= 15 is 0 Å². The molecule has 0 spiro atoms. The monoisotopic (exact) mass is 441 g/mol. The second kappa shape index (κ2) is 11.0. The summed E-state index contributed by atoms with van der Waals surface area (Å²) in [5, 5.41) is 3.72. The molecule has 7 nitrogen and oxygen atoms in total. The summed E-state index contributed by atoms with van der Waals surface area (Å²) < 4.78 is 0. The summed E-state index contributed by atoms with van der Waals surface area (Å²) in [4.78, 5) is 37.3. The van der Waals surface area contributed by atoms with Crippen LogP contribution in [-0.4, -0.2) is 64.7 Å². The number of hydrogen-bond donors (Lipinski definition) is 1. The summed E-state index contributed by atoms with van der Waals surface area (Å²) in [6, 6.07) is 1.84. The van der Waals surface area contributed by atoms with Crippen molar-refractivity contribution in [2.75, 3.05) is 36.8 Å². The fourth-order valence-electron chi connectivity index (χ4n) is 3.11. The molecule has 1 saturated heterocycles. The Hall–Kier alpha value is -1.54. The predicted molar refractivity (Wildman–Crippen MR) is 118 cm³/mol. The van der Waals surface area contributed by atoms with E-state index in [1.807, 2.05) is 4.90 Å². The molecule has 0 aliphatic carbocycles. The lowest BCUT2D eigenvalue weighted by molar-refractivity contribution is -0.134. The van der Waals surface area contributed by atoms with Gasteiger partial charge in [0, 0.05) is 44.7 Å². The minimum Gasteiger partial charge on any atom is -0.355 e. The zero-order valence-corrected chi connectivity index (χ0v) is 19.5. The minimum absolute atomic E-state index is 0.0419. The standard InChI is InChI=1S/C20H32ClN5O2S/c1-13(2)8-19(28)26-7-6-25(11-15(26)5)17-9-16(21)23-20(24-17)29-12-18(27)22-10-14(3)4/h9,13-15H,6-8,10-12H2,1-5H3,(H,22,27). The quantitative estimate of drug-likeness (QED) is 0.379.